The van der Waals surface area contributed by atoms with Crippen LogP contribution < -0.4 is 0 Å². The maximum absolute atomic E-state index is 9.26. The quantitative estimate of drug-likeness (QED) is 0.651. The van der Waals surface area contributed by atoms with Gasteiger partial charge in [-0.15, -0.1) is 0 Å². The monoisotopic (exact) mass is 156 g/mol. The zero-order valence-electron chi connectivity index (χ0n) is 7.71. The van der Waals surface area contributed by atoms with E-state index in [2.05, 4.69) is 13.8 Å². The molecular weight excluding hydrogens is 136 g/mol. The summed E-state index contributed by atoms with van der Waals surface area (Å²) in [6, 6.07) is 0. The molecule has 0 spiro atoms. The number of hydrogen-bond acceptors (Lipinski definition) is 1. The van der Waals surface area contributed by atoms with E-state index in [1.54, 1.807) is 0 Å². The summed E-state index contributed by atoms with van der Waals surface area (Å²) < 4.78 is 0. The van der Waals surface area contributed by atoms with Crippen LogP contribution in [-0.4, -0.2) is 11.2 Å². The molecule has 1 saturated carbocycles. The molecular formula is C10H20O. The molecule has 0 bridgehead atoms. The van der Waals surface area contributed by atoms with Crippen molar-refractivity contribution in [1.82, 2.24) is 0 Å². The number of hydrogen-bond donors (Lipinski definition) is 1. The molecule has 66 valence electrons. The smallest absolute Gasteiger partial charge is 0.0540 e. The zero-order chi connectivity index (χ0) is 8.27. The van der Waals surface area contributed by atoms with Crippen LogP contribution in [0.25, 0.3) is 0 Å². The summed E-state index contributed by atoms with van der Waals surface area (Å²) in [5, 5.41) is 9.26. The molecule has 1 fully saturated rings. The first kappa shape index (κ1) is 9.05. The van der Waals surface area contributed by atoms with Crippen molar-refractivity contribution in [2.45, 2.75) is 52.1 Å². The summed E-state index contributed by atoms with van der Waals surface area (Å²) in [6.45, 7) is 4.57. The van der Waals surface area contributed by atoms with E-state index in [9.17, 15) is 5.11 Å². The molecule has 0 aromatic heterocycles. The van der Waals surface area contributed by atoms with Gasteiger partial charge in [-0.1, -0.05) is 13.8 Å². The Bertz CT molecular complexity index is 101. The molecule has 0 amide bonds. The molecule has 1 N–H and O–H groups in total. The van der Waals surface area contributed by atoms with Gasteiger partial charge in [-0.3, -0.25) is 0 Å². The third-order valence-electron chi connectivity index (χ3n) is 2.62. The van der Waals surface area contributed by atoms with Crippen molar-refractivity contribution in [2.75, 3.05) is 0 Å². The van der Waals surface area contributed by atoms with Crippen LogP contribution in [0.15, 0.2) is 0 Å². The van der Waals surface area contributed by atoms with Crippen molar-refractivity contribution in [2.24, 2.45) is 11.8 Å². The summed E-state index contributed by atoms with van der Waals surface area (Å²) in [6.07, 6.45) is 5.94. The molecule has 0 unspecified atom stereocenters. The van der Waals surface area contributed by atoms with Crippen LogP contribution in [0.2, 0.25) is 0 Å². The maximum atomic E-state index is 9.26. The molecule has 0 aromatic rings. The van der Waals surface area contributed by atoms with Gasteiger partial charge in [0.15, 0.2) is 0 Å². The van der Waals surface area contributed by atoms with E-state index in [0.717, 1.165) is 24.7 Å². The Hall–Kier alpha value is -0.0400. The van der Waals surface area contributed by atoms with Gasteiger partial charge in [0.25, 0.3) is 0 Å². The highest BCUT2D eigenvalue weighted by Gasteiger charge is 2.19. The van der Waals surface area contributed by atoms with Crippen molar-refractivity contribution in [1.29, 1.82) is 0 Å². The largest absolute Gasteiger partial charge is 0.393 e. The lowest BCUT2D eigenvalue weighted by Gasteiger charge is -2.26. The van der Waals surface area contributed by atoms with E-state index in [4.69, 9.17) is 0 Å². The maximum Gasteiger partial charge on any atom is 0.0540 e. The first-order chi connectivity index (χ1) is 5.18. The third kappa shape index (κ3) is 3.24. The summed E-state index contributed by atoms with van der Waals surface area (Å²) in [4.78, 5) is 0. The minimum Gasteiger partial charge on any atom is -0.393 e. The van der Waals surface area contributed by atoms with Gasteiger partial charge in [0, 0.05) is 0 Å². The molecule has 0 heterocycles. The van der Waals surface area contributed by atoms with E-state index >= 15 is 0 Å². The summed E-state index contributed by atoms with van der Waals surface area (Å²) in [7, 11) is 0. The fraction of sp³-hybridized carbons (Fsp3) is 1.00. The second kappa shape index (κ2) is 4.10. The Kier molecular flexibility index (Phi) is 3.38. The molecule has 1 aliphatic rings. The predicted molar refractivity (Wildman–Crippen MR) is 47.4 cm³/mol. The Labute approximate surface area is 69.8 Å². The van der Waals surface area contributed by atoms with E-state index < -0.39 is 0 Å². The highest BCUT2D eigenvalue weighted by atomic mass is 16.3. The minimum atomic E-state index is 0.0124. The first-order valence-corrected chi connectivity index (χ1v) is 4.86. The van der Waals surface area contributed by atoms with E-state index in [0.29, 0.717) is 0 Å². The lowest BCUT2D eigenvalue weighted by molar-refractivity contribution is 0.103. The van der Waals surface area contributed by atoms with Crippen molar-refractivity contribution in [3.63, 3.8) is 0 Å². The average molecular weight is 156 g/mol. The van der Waals surface area contributed by atoms with Gasteiger partial charge in [-0.25, -0.2) is 0 Å². The molecule has 0 aliphatic heterocycles. The van der Waals surface area contributed by atoms with Gasteiger partial charge in [0.2, 0.25) is 0 Å². The number of rotatable bonds is 2. The van der Waals surface area contributed by atoms with Gasteiger partial charge in [-0.2, -0.15) is 0 Å². The Morgan fingerprint density at radius 3 is 2.18 bits per heavy atom. The molecule has 1 aliphatic carbocycles. The predicted octanol–water partition coefficient (Wildman–Crippen LogP) is 2.58. The van der Waals surface area contributed by atoms with Gasteiger partial charge in [-0.05, 0) is 43.9 Å². The fourth-order valence-corrected chi connectivity index (χ4v) is 2.05. The summed E-state index contributed by atoms with van der Waals surface area (Å²) >= 11 is 0. The zero-order valence-corrected chi connectivity index (χ0v) is 7.71. The average Bonchev–Trinajstić information content (AvgIpc) is 1.93. The van der Waals surface area contributed by atoms with Crippen LogP contribution in [0.3, 0.4) is 0 Å². The van der Waals surface area contributed by atoms with Crippen molar-refractivity contribution < 1.29 is 5.11 Å². The highest BCUT2D eigenvalue weighted by Crippen LogP contribution is 2.28. The second-order valence-electron chi connectivity index (χ2n) is 4.30. The molecule has 1 rings (SSSR count). The standard InChI is InChI=1S/C10H20O/c1-8(2)7-9-3-5-10(11)6-4-9/h8-11H,3-7H2,1-2H3/t9-,10+. The number of aliphatic hydroxyl groups excluding tert-OH is 1. The minimum absolute atomic E-state index is 0.0124. The van der Waals surface area contributed by atoms with Crippen molar-refractivity contribution >= 4 is 0 Å². The molecule has 0 saturated heterocycles. The molecule has 1 nitrogen and oxygen atoms in total. The molecule has 0 radical (unpaired) electrons. The van der Waals surface area contributed by atoms with Gasteiger partial charge in [0.05, 0.1) is 6.10 Å². The lowest BCUT2D eigenvalue weighted by Crippen LogP contribution is -2.19. The Morgan fingerprint density at radius 1 is 1.18 bits per heavy atom. The molecule has 0 aromatic carbocycles. The second-order valence-corrected chi connectivity index (χ2v) is 4.30. The van der Waals surface area contributed by atoms with Crippen LogP contribution >= 0.6 is 0 Å². The van der Waals surface area contributed by atoms with Crippen molar-refractivity contribution in [3.05, 3.63) is 0 Å². The van der Waals surface area contributed by atoms with Crippen molar-refractivity contribution in [3.8, 4) is 0 Å². The molecule has 0 atom stereocenters. The Balaban J connectivity index is 2.17. The van der Waals surface area contributed by atoms with Crippen LogP contribution in [0, 0.1) is 11.8 Å². The summed E-state index contributed by atoms with van der Waals surface area (Å²) in [5.41, 5.74) is 0. The van der Waals surface area contributed by atoms with E-state index in [-0.39, 0.29) is 6.10 Å². The van der Waals surface area contributed by atoms with Gasteiger partial charge < -0.3 is 5.11 Å². The third-order valence-corrected chi connectivity index (χ3v) is 2.62. The SMILES string of the molecule is CC(C)C[C@H]1CC[C@@H](O)CC1. The Morgan fingerprint density at radius 2 is 1.73 bits per heavy atom. The molecule has 11 heavy (non-hydrogen) atoms. The fourth-order valence-electron chi connectivity index (χ4n) is 2.05. The van der Waals surface area contributed by atoms with Crippen LogP contribution in [0.5, 0.6) is 0 Å². The van der Waals surface area contributed by atoms with E-state index in [1.807, 2.05) is 0 Å². The normalized spacial score (nSPS) is 32.7. The molecule has 1 heteroatoms. The summed E-state index contributed by atoms with van der Waals surface area (Å²) in [5.74, 6) is 1.73. The van der Waals surface area contributed by atoms with Crippen LogP contribution in [-0.2, 0) is 0 Å². The highest BCUT2D eigenvalue weighted by molar-refractivity contribution is 4.72. The lowest BCUT2D eigenvalue weighted by atomic mass is 9.82. The van der Waals surface area contributed by atoms with Crippen LogP contribution in [0.4, 0.5) is 0 Å². The van der Waals surface area contributed by atoms with Crippen LogP contribution in [0.1, 0.15) is 46.0 Å². The first-order valence-electron chi connectivity index (χ1n) is 4.86. The number of aliphatic hydroxyl groups is 1. The van der Waals surface area contributed by atoms with Gasteiger partial charge >= 0.3 is 0 Å². The van der Waals surface area contributed by atoms with Gasteiger partial charge in [0.1, 0.15) is 0 Å². The van der Waals surface area contributed by atoms with E-state index in [1.165, 1.54) is 19.3 Å². The topological polar surface area (TPSA) is 20.2 Å².